The first kappa shape index (κ1) is 22.4. The molecular weight excluding hydrogens is 420 g/mol. The van der Waals surface area contributed by atoms with Gasteiger partial charge in [0.25, 0.3) is 0 Å². The molecule has 1 saturated heterocycles. The number of aromatic nitrogens is 4. The smallest absolute Gasteiger partial charge is 0.231 e. The van der Waals surface area contributed by atoms with E-state index in [1.807, 2.05) is 43.0 Å². The van der Waals surface area contributed by atoms with Crippen LogP contribution in [0.2, 0.25) is 0 Å². The molecule has 1 aliphatic rings. The predicted molar refractivity (Wildman–Crippen MR) is 127 cm³/mol. The first-order valence-corrected chi connectivity index (χ1v) is 11.0. The van der Waals surface area contributed by atoms with E-state index in [0.29, 0.717) is 23.4 Å². The third-order valence-electron chi connectivity index (χ3n) is 5.39. The zero-order valence-corrected chi connectivity index (χ0v) is 19.1. The van der Waals surface area contributed by atoms with Crippen LogP contribution in [0.3, 0.4) is 0 Å². The molecule has 0 aliphatic carbocycles. The van der Waals surface area contributed by atoms with Gasteiger partial charge in [0.15, 0.2) is 5.65 Å². The number of anilines is 4. The molecule has 10 heteroatoms. The van der Waals surface area contributed by atoms with Gasteiger partial charge in [-0.1, -0.05) is 13.8 Å². The monoisotopic (exact) mass is 448 g/mol. The van der Waals surface area contributed by atoms with Gasteiger partial charge in [0, 0.05) is 63.3 Å². The molecule has 0 atom stereocenters. The van der Waals surface area contributed by atoms with Crippen molar-refractivity contribution in [2.45, 2.75) is 27.2 Å². The lowest BCUT2D eigenvalue weighted by Crippen LogP contribution is -2.48. The number of hydrogen-bond acceptors (Lipinski definition) is 8. The number of carbonyl (C=O) groups is 2. The van der Waals surface area contributed by atoms with Crippen LogP contribution in [0.1, 0.15) is 27.2 Å². The highest BCUT2D eigenvalue weighted by Crippen LogP contribution is 2.22. The van der Waals surface area contributed by atoms with E-state index in [2.05, 4.69) is 35.5 Å². The van der Waals surface area contributed by atoms with Gasteiger partial charge in [0.2, 0.25) is 23.7 Å². The molecule has 0 radical (unpaired) electrons. The molecular formula is C23H28N8O2. The van der Waals surface area contributed by atoms with Crippen LogP contribution < -0.4 is 15.5 Å². The summed E-state index contributed by atoms with van der Waals surface area (Å²) in [7, 11) is 0. The Kier molecular flexibility index (Phi) is 6.62. The maximum Gasteiger partial charge on any atom is 0.231 e. The van der Waals surface area contributed by atoms with E-state index < -0.39 is 0 Å². The average molecular weight is 449 g/mol. The second-order valence-corrected chi connectivity index (χ2v) is 8.48. The van der Waals surface area contributed by atoms with E-state index >= 15 is 0 Å². The average Bonchev–Trinajstić information content (AvgIpc) is 2.79. The molecule has 33 heavy (non-hydrogen) atoms. The first-order valence-electron chi connectivity index (χ1n) is 11.0. The van der Waals surface area contributed by atoms with Crippen LogP contribution in [0, 0.1) is 5.92 Å². The third-order valence-corrected chi connectivity index (χ3v) is 5.39. The van der Waals surface area contributed by atoms with E-state index in [9.17, 15) is 9.59 Å². The number of hydrogen-bond donors (Lipinski definition) is 2. The molecule has 3 heterocycles. The Morgan fingerprint density at radius 2 is 1.61 bits per heavy atom. The second-order valence-electron chi connectivity index (χ2n) is 8.48. The van der Waals surface area contributed by atoms with E-state index in [0.717, 1.165) is 37.6 Å². The fraction of sp³-hybridized carbons (Fsp3) is 0.391. The molecule has 1 fully saturated rings. The number of benzene rings is 1. The summed E-state index contributed by atoms with van der Waals surface area (Å²) in [5.74, 6) is 0.884. The van der Waals surface area contributed by atoms with Crippen molar-refractivity contribution in [3.63, 3.8) is 0 Å². The molecule has 4 rings (SSSR count). The molecule has 3 aromatic rings. The van der Waals surface area contributed by atoms with Gasteiger partial charge in [-0.05, 0) is 30.2 Å². The minimum atomic E-state index is -0.125. The lowest BCUT2D eigenvalue weighted by molar-refractivity contribution is -0.129. The summed E-state index contributed by atoms with van der Waals surface area (Å²) in [6, 6.07) is 8.02. The van der Waals surface area contributed by atoms with Crippen molar-refractivity contribution in [1.29, 1.82) is 0 Å². The van der Waals surface area contributed by atoms with E-state index in [1.54, 1.807) is 19.3 Å². The molecule has 0 unspecified atom stereocenters. The van der Waals surface area contributed by atoms with Crippen LogP contribution in [0.4, 0.5) is 23.3 Å². The van der Waals surface area contributed by atoms with Crippen molar-refractivity contribution in [3.05, 3.63) is 36.7 Å². The highest BCUT2D eigenvalue weighted by atomic mass is 16.2. The highest BCUT2D eigenvalue weighted by molar-refractivity contribution is 5.90. The number of piperazine rings is 1. The molecule has 0 bridgehead atoms. The summed E-state index contributed by atoms with van der Waals surface area (Å²) < 4.78 is 0. The summed E-state index contributed by atoms with van der Waals surface area (Å²) >= 11 is 0. The molecule has 1 aromatic carbocycles. The summed E-state index contributed by atoms with van der Waals surface area (Å²) in [5, 5.41) is 6.59. The van der Waals surface area contributed by atoms with Gasteiger partial charge in [-0.25, -0.2) is 9.97 Å². The van der Waals surface area contributed by atoms with Crippen molar-refractivity contribution >= 4 is 46.1 Å². The van der Waals surface area contributed by atoms with E-state index in [-0.39, 0.29) is 23.7 Å². The number of amides is 2. The lowest BCUT2D eigenvalue weighted by atomic mass is 10.1. The summed E-state index contributed by atoms with van der Waals surface area (Å²) in [6.45, 7) is 8.68. The summed E-state index contributed by atoms with van der Waals surface area (Å²) in [4.78, 5) is 45.0. The topological polar surface area (TPSA) is 116 Å². The minimum Gasteiger partial charge on any atom is -0.368 e. The Hall–Kier alpha value is -3.82. The van der Waals surface area contributed by atoms with Crippen LogP contribution in [-0.2, 0) is 9.59 Å². The van der Waals surface area contributed by atoms with Gasteiger partial charge in [-0.15, -0.1) is 0 Å². The summed E-state index contributed by atoms with van der Waals surface area (Å²) in [6.07, 6.45) is 3.64. The number of fused-ring (bicyclic) bond motifs is 1. The molecule has 1 aliphatic heterocycles. The number of rotatable bonds is 6. The lowest BCUT2D eigenvalue weighted by Gasteiger charge is -2.35. The first-order chi connectivity index (χ1) is 15.9. The number of nitrogens with one attached hydrogen (secondary N) is 2. The molecule has 0 saturated carbocycles. The molecule has 2 aromatic heterocycles. The Labute approximate surface area is 192 Å². The quantitative estimate of drug-likeness (QED) is 0.591. The van der Waals surface area contributed by atoms with Crippen LogP contribution in [-0.4, -0.2) is 62.8 Å². The maximum absolute atomic E-state index is 12.0. The fourth-order valence-electron chi connectivity index (χ4n) is 3.65. The highest BCUT2D eigenvalue weighted by Gasteiger charge is 2.18. The van der Waals surface area contributed by atoms with Crippen LogP contribution in [0.25, 0.3) is 11.0 Å². The normalized spacial score (nSPS) is 13.9. The molecule has 10 nitrogen and oxygen atoms in total. The Balaban J connectivity index is 1.42. The van der Waals surface area contributed by atoms with Crippen LogP contribution in [0.15, 0.2) is 36.7 Å². The van der Waals surface area contributed by atoms with Gasteiger partial charge in [-0.3, -0.25) is 14.9 Å². The second kappa shape index (κ2) is 9.76. The van der Waals surface area contributed by atoms with Gasteiger partial charge < -0.3 is 15.1 Å². The zero-order chi connectivity index (χ0) is 23.4. The standard InChI is InChI=1S/C23H28N8O2/c1-15(2)12-20(33)27-23-25-14-17-13-24-22(28-21(17)29-23)26-18-4-6-19(7-5-18)31-10-8-30(9-11-31)16(3)32/h4-7,13-15H,8-12H2,1-3H3,(H2,24,25,26,27,28,29,33). The predicted octanol–water partition coefficient (Wildman–Crippen LogP) is 2.82. The third kappa shape index (κ3) is 5.71. The van der Waals surface area contributed by atoms with Crippen molar-refractivity contribution in [1.82, 2.24) is 24.8 Å². The van der Waals surface area contributed by atoms with Gasteiger partial charge in [0.1, 0.15) is 0 Å². The zero-order valence-electron chi connectivity index (χ0n) is 19.1. The Morgan fingerprint density at radius 3 is 2.24 bits per heavy atom. The largest absolute Gasteiger partial charge is 0.368 e. The minimum absolute atomic E-state index is 0.125. The van der Waals surface area contributed by atoms with Gasteiger partial charge in [0.05, 0.1) is 5.39 Å². The molecule has 2 N–H and O–H groups in total. The number of nitrogens with zero attached hydrogens (tertiary/aromatic N) is 6. The van der Waals surface area contributed by atoms with Crippen molar-refractivity contribution in [2.75, 3.05) is 41.7 Å². The molecule has 0 spiro atoms. The van der Waals surface area contributed by atoms with Crippen molar-refractivity contribution < 1.29 is 9.59 Å². The number of carbonyl (C=O) groups excluding carboxylic acids is 2. The maximum atomic E-state index is 12.0. The van der Waals surface area contributed by atoms with Gasteiger partial charge >= 0.3 is 0 Å². The van der Waals surface area contributed by atoms with Gasteiger partial charge in [-0.2, -0.15) is 9.97 Å². The van der Waals surface area contributed by atoms with E-state index in [4.69, 9.17) is 0 Å². The fourth-order valence-corrected chi connectivity index (χ4v) is 3.65. The van der Waals surface area contributed by atoms with E-state index in [1.165, 1.54) is 0 Å². The summed E-state index contributed by atoms with van der Waals surface area (Å²) in [5.41, 5.74) is 2.40. The van der Waals surface area contributed by atoms with Crippen LogP contribution >= 0.6 is 0 Å². The van der Waals surface area contributed by atoms with Crippen molar-refractivity contribution in [2.24, 2.45) is 5.92 Å². The Morgan fingerprint density at radius 1 is 0.970 bits per heavy atom. The molecule has 2 amide bonds. The SMILES string of the molecule is CC(=O)N1CCN(c2ccc(Nc3ncc4cnc(NC(=O)CC(C)C)nc4n3)cc2)CC1. The Bertz CT molecular complexity index is 1140. The van der Waals surface area contributed by atoms with Crippen molar-refractivity contribution in [3.8, 4) is 0 Å². The van der Waals surface area contributed by atoms with Crippen LogP contribution in [0.5, 0.6) is 0 Å². The molecule has 172 valence electrons.